The minimum Gasteiger partial charge on any atom is -0.497 e. The first kappa shape index (κ1) is 27.0. The van der Waals surface area contributed by atoms with E-state index in [1.165, 1.54) is 0 Å². The number of hydrogen-bond donors (Lipinski definition) is 1. The SMILES string of the molecule is COc1ccc(-c2nnc(C(C)(C)C)o2)c(N2CCC(COc3cccc(C(CC(=O)O)C4CC4)c3)CC2)c1. The minimum atomic E-state index is -0.738. The zero-order valence-corrected chi connectivity index (χ0v) is 23.4. The van der Waals surface area contributed by atoms with Crippen LogP contribution in [0.3, 0.4) is 0 Å². The molecule has 0 radical (unpaired) electrons. The molecule has 208 valence electrons. The number of nitrogens with zero attached hydrogens (tertiary/aromatic N) is 3. The molecule has 5 rings (SSSR count). The van der Waals surface area contributed by atoms with Crippen molar-refractivity contribution in [2.75, 3.05) is 31.7 Å². The van der Waals surface area contributed by atoms with Crippen molar-refractivity contribution in [3.05, 3.63) is 53.9 Å². The fraction of sp³-hybridized carbons (Fsp3) is 0.516. The number of carboxylic acid groups (broad SMARTS) is 1. The molecule has 1 aliphatic heterocycles. The molecule has 1 aromatic heterocycles. The zero-order chi connectivity index (χ0) is 27.6. The molecule has 2 aromatic carbocycles. The quantitative estimate of drug-likeness (QED) is 0.324. The van der Waals surface area contributed by atoms with Gasteiger partial charge in [-0.15, -0.1) is 10.2 Å². The lowest BCUT2D eigenvalue weighted by atomic mass is 9.91. The number of rotatable bonds is 10. The number of methoxy groups -OCH3 is 1. The third-order valence-electron chi connectivity index (χ3n) is 7.81. The van der Waals surface area contributed by atoms with Gasteiger partial charge < -0.3 is 23.9 Å². The van der Waals surface area contributed by atoms with Crippen molar-refractivity contribution in [1.82, 2.24) is 10.2 Å². The van der Waals surface area contributed by atoms with Gasteiger partial charge in [0.2, 0.25) is 11.8 Å². The van der Waals surface area contributed by atoms with E-state index in [2.05, 4.69) is 35.9 Å². The topological polar surface area (TPSA) is 97.9 Å². The first-order chi connectivity index (χ1) is 18.7. The van der Waals surface area contributed by atoms with Crippen LogP contribution in [0.2, 0.25) is 0 Å². The van der Waals surface area contributed by atoms with Crippen LogP contribution in [-0.2, 0) is 10.2 Å². The first-order valence-corrected chi connectivity index (χ1v) is 13.9. The molecular formula is C31H39N3O5. The number of aliphatic carboxylic acids is 1. The molecule has 8 nitrogen and oxygen atoms in total. The molecule has 1 saturated heterocycles. The van der Waals surface area contributed by atoms with Gasteiger partial charge in [0.15, 0.2) is 0 Å². The van der Waals surface area contributed by atoms with Gasteiger partial charge in [-0.25, -0.2) is 0 Å². The first-order valence-electron chi connectivity index (χ1n) is 13.9. The third-order valence-corrected chi connectivity index (χ3v) is 7.81. The van der Waals surface area contributed by atoms with E-state index in [4.69, 9.17) is 13.9 Å². The highest BCUT2D eigenvalue weighted by atomic mass is 16.5. The highest BCUT2D eigenvalue weighted by Crippen LogP contribution is 2.45. The summed E-state index contributed by atoms with van der Waals surface area (Å²) >= 11 is 0. The maximum absolute atomic E-state index is 11.4. The van der Waals surface area contributed by atoms with Crippen molar-refractivity contribution in [2.24, 2.45) is 11.8 Å². The summed E-state index contributed by atoms with van der Waals surface area (Å²) in [5.41, 5.74) is 2.81. The highest BCUT2D eigenvalue weighted by Gasteiger charge is 2.34. The van der Waals surface area contributed by atoms with Gasteiger partial charge in [-0.3, -0.25) is 4.79 Å². The molecule has 2 aliphatic rings. The van der Waals surface area contributed by atoms with E-state index in [0.717, 1.165) is 67.1 Å². The minimum absolute atomic E-state index is 0.0738. The van der Waals surface area contributed by atoms with Crippen LogP contribution in [0.25, 0.3) is 11.5 Å². The summed E-state index contributed by atoms with van der Waals surface area (Å²) in [5.74, 6) is 3.01. The van der Waals surface area contributed by atoms with Gasteiger partial charge in [-0.2, -0.15) is 0 Å². The van der Waals surface area contributed by atoms with Crippen LogP contribution in [0.5, 0.6) is 11.5 Å². The molecular weight excluding hydrogens is 494 g/mol. The predicted molar refractivity (Wildman–Crippen MR) is 150 cm³/mol. The van der Waals surface area contributed by atoms with Gasteiger partial charge in [0.05, 0.1) is 31.4 Å². The van der Waals surface area contributed by atoms with Crippen molar-refractivity contribution >= 4 is 11.7 Å². The maximum Gasteiger partial charge on any atom is 0.303 e. The number of benzene rings is 2. The molecule has 0 amide bonds. The second kappa shape index (κ2) is 11.3. The van der Waals surface area contributed by atoms with Crippen LogP contribution in [0.15, 0.2) is 46.9 Å². The van der Waals surface area contributed by atoms with E-state index >= 15 is 0 Å². The molecule has 1 aliphatic carbocycles. The van der Waals surface area contributed by atoms with Crippen LogP contribution < -0.4 is 14.4 Å². The Morgan fingerprint density at radius 1 is 1.08 bits per heavy atom. The molecule has 2 heterocycles. The lowest BCUT2D eigenvalue weighted by molar-refractivity contribution is -0.137. The summed E-state index contributed by atoms with van der Waals surface area (Å²) in [6, 6.07) is 14.0. The van der Waals surface area contributed by atoms with Crippen molar-refractivity contribution in [3.63, 3.8) is 0 Å². The van der Waals surface area contributed by atoms with Gasteiger partial charge in [-0.05, 0) is 73.3 Å². The Labute approximate surface area is 230 Å². The Morgan fingerprint density at radius 3 is 2.49 bits per heavy atom. The molecule has 1 atom stereocenters. The van der Waals surface area contributed by atoms with E-state index in [0.29, 0.717) is 30.2 Å². The molecule has 2 fully saturated rings. The van der Waals surface area contributed by atoms with Gasteiger partial charge in [0.25, 0.3) is 0 Å². The fourth-order valence-electron chi connectivity index (χ4n) is 5.35. The smallest absolute Gasteiger partial charge is 0.303 e. The second-order valence-electron chi connectivity index (χ2n) is 11.9. The van der Waals surface area contributed by atoms with Crippen molar-refractivity contribution in [3.8, 4) is 23.0 Å². The Hall–Kier alpha value is -3.55. The van der Waals surface area contributed by atoms with E-state index in [9.17, 15) is 9.90 Å². The summed E-state index contributed by atoms with van der Waals surface area (Å²) in [4.78, 5) is 13.7. The molecule has 3 aromatic rings. The molecule has 8 heteroatoms. The number of carboxylic acids is 1. The average molecular weight is 534 g/mol. The zero-order valence-electron chi connectivity index (χ0n) is 23.4. The van der Waals surface area contributed by atoms with Crippen molar-refractivity contribution in [2.45, 2.75) is 64.2 Å². The van der Waals surface area contributed by atoms with Gasteiger partial charge >= 0.3 is 5.97 Å². The molecule has 0 bridgehead atoms. The van der Waals surface area contributed by atoms with Crippen LogP contribution in [-0.4, -0.2) is 48.1 Å². The highest BCUT2D eigenvalue weighted by molar-refractivity contribution is 5.75. The second-order valence-corrected chi connectivity index (χ2v) is 11.9. The summed E-state index contributed by atoms with van der Waals surface area (Å²) in [5, 5.41) is 18.0. The number of hydrogen-bond acceptors (Lipinski definition) is 7. The van der Waals surface area contributed by atoms with Crippen LogP contribution >= 0.6 is 0 Å². The van der Waals surface area contributed by atoms with Crippen molar-refractivity contribution < 1.29 is 23.8 Å². The van der Waals surface area contributed by atoms with Gasteiger partial charge in [0.1, 0.15) is 11.5 Å². The number of carbonyl (C=O) groups is 1. The van der Waals surface area contributed by atoms with E-state index in [1.807, 2.05) is 42.5 Å². The van der Waals surface area contributed by atoms with E-state index in [-0.39, 0.29) is 17.8 Å². The number of ether oxygens (including phenoxy) is 2. The Morgan fingerprint density at radius 2 is 1.85 bits per heavy atom. The number of anilines is 1. The van der Waals surface area contributed by atoms with Crippen LogP contribution in [0.4, 0.5) is 5.69 Å². The Kier molecular flexibility index (Phi) is 7.82. The summed E-state index contributed by atoms with van der Waals surface area (Å²) in [7, 11) is 1.68. The summed E-state index contributed by atoms with van der Waals surface area (Å²) < 4.78 is 17.8. The monoisotopic (exact) mass is 533 g/mol. The standard InChI is InChI=1S/C31H39N3O5/c1-31(2,3)30-33-32-29(39-30)25-11-10-23(37-4)17-27(25)34-14-12-20(13-15-34)19-38-24-7-5-6-22(16-24)26(18-28(35)36)21-8-9-21/h5-7,10-11,16-17,20-21,26H,8-9,12-15,18-19H2,1-4H3,(H,35,36). The van der Waals surface area contributed by atoms with E-state index < -0.39 is 5.97 Å². The van der Waals surface area contributed by atoms with Gasteiger partial charge in [0, 0.05) is 24.6 Å². The fourth-order valence-corrected chi connectivity index (χ4v) is 5.35. The summed E-state index contributed by atoms with van der Waals surface area (Å²) in [6.07, 6.45) is 4.40. The maximum atomic E-state index is 11.4. The third kappa shape index (κ3) is 6.54. The number of piperidine rings is 1. The van der Waals surface area contributed by atoms with Crippen molar-refractivity contribution in [1.29, 1.82) is 0 Å². The molecule has 1 unspecified atom stereocenters. The Balaban J connectivity index is 1.23. The normalized spacial score (nSPS) is 17.2. The number of aromatic nitrogens is 2. The molecule has 39 heavy (non-hydrogen) atoms. The van der Waals surface area contributed by atoms with Crippen LogP contribution in [0.1, 0.15) is 70.2 Å². The lowest BCUT2D eigenvalue weighted by Gasteiger charge is -2.34. The lowest BCUT2D eigenvalue weighted by Crippen LogP contribution is -2.35. The average Bonchev–Trinajstić information content (AvgIpc) is 3.64. The molecule has 1 saturated carbocycles. The van der Waals surface area contributed by atoms with Gasteiger partial charge in [-0.1, -0.05) is 32.9 Å². The molecule has 1 N–H and O–H groups in total. The summed E-state index contributed by atoms with van der Waals surface area (Å²) in [6.45, 7) is 8.60. The molecule has 0 spiro atoms. The predicted octanol–water partition coefficient (Wildman–Crippen LogP) is 6.31. The van der Waals surface area contributed by atoms with E-state index in [1.54, 1.807) is 7.11 Å². The van der Waals surface area contributed by atoms with Crippen LogP contribution in [0, 0.1) is 11.8 Å². The largest absolute Gasteiger partial charge is 0.497 e. The Bertz CT molecular complexity index is 1290.